The molecule has 0 atom stereocenters. The smallest absolute Gasteiger partial charge is 0.270 e. The van der Waals surface area contributed by atoms with Crippen LogP contribution in [0.25, 0.3) is 0 Å². The Kier molecular flexibility index (Phi) is 8.10. The number of nitriles is 1. The zero-order chi connectivity index (χ0) is 24.7. The van der Waals surface area contributed by atoms with Crippen molar-refractivity contribution in [1.82, 2.24) is 9.99 Å². The van der Waals surface area contributed by atoms with Crippen molar-refractivity contribution in [2.24, 2.45) is 5.10 Å². The van der Waals surface area contributed by atoms with Gasteiger partial charge in [-0.2, -0.15) is 10.4 Å². The molecule has 34 heavy (non-hydrogen) atoms. The molecule has 2 heterocycles. The summed E-state index contributed by atoms with van der Waals surface area (Å²) >= 11 is 0. The van der Waals surface area contributed by atoms with Crippen LogP contribution < -0.4 is 15.9 Å². The van der Waals surface area contributed by atoms with E-state index < -0.39 is 16.4 Å². The molecule has 1 saturated heterocycles. The molecule has 11 heteroatoms. The van der Waals surface area contributed by atoms with Crippen molar-refractivity contribution in [1.29, 1.82) is 5.26 Å². The highest BCUT2D eigenvalue weighted by atomic mass is 16.6. The molecule has 1 fully saturated rings. The number of nitrogens with one attached hydrogen (secondary N) is 1. The highest BCUT2D eigenvalue weighted by molar-refractivity contribution is 5.90. The van der Waals surface area contributed by atoms with Crippen LogP contribution in [0.1, 0.15) is 41.6 Å². The van der Waals surface area contributed by atoms with Crippen molar-refractivity contribution < 1.29 is 14.5 Å². The maximum Gasteiger partial charge on any atom is 0.270 e. The normalized spacial score (nSPS) is 13.6. The van der Waals surface area contributed by atoms with E-state index in [9.17, 15) is 25.0 Å². The van der Waals surface area contributed by atoms with Crippen molar-refractivity contribution >= 4 is 23.5 Å². The molecule has 0 radical (unpaired) electrons. The third-order valence-electron chi connectivity index (χ3n) is 5.61. The topological polar surface area (TPSA) is 143 Å². The van der Waals surface area contributed by atoms with Crippen molar-refractivity contribution in [2.75, 3.05) is 25.1 Å². The molecule has 1 N–H and O–H groups in total. The number of aryl methyl sites for hydroxylation is 1. The molecule has 1 aromatic heterocycles. The number of rotatable bonds is 8. The SMILES string of the molecule is COCc1cc(C)n(CC(=O)N/N=C/c2cc([N+](=O)[O-])ccc2N2CCCCC2)c(=O)c1C#N. The minimum Gasteiger partial charge on any atom is -0.380 e. The number of nitrogens with zero attached hydrogens (tertiary/aromatic N) is 5. The molecule has 2 aromatic rings. The predicted molar refractivity (Wildman–Crippen MR) is 126 cm³/mol. The van der Waals surface area contributed by atoms with Crippen LogP contribution in [0, 0.1) is 28.4 Å². The van der Waals surface area contributed by atoms with Crippen molar-refractivity contribution in [3.8, 4) is 6.07 Å². The number of anilines is 1. The molecule has 178 valence electrons. The number of nitro groups is 1. The first-order chi connectivity index (χ1) is 16.3. The van der Waals surface area contributed by atoms with Crippen LogP contribution in [-0.4, -0.2) is 41.8 Å². The zero-order valence-corrected chi connectivity index (χ0v) is 19.1. The Morgan fingerprint density at radius 1 is 1.32 bits per heavy atom. The van der Waals surface area contributed by atoms with Gasteiger partial charge in [-0.15, -0.1) is 0 Å². The van der Waals surface area contributed by atoms with Crippen LogP contribution in [-0.2, 0) is 22.7 Å². The number of hydrogen-bond donors (Lipinski definition) is 1. The van der Waals surface area contributed by atoms with E-state index in [-0.39, 0.29) is 24.4 Å². The molecule has 0 aliphatic carbocycles. The molecule has 0 unspecified atom stereocenters. The first-order valence-corrected chi connectivity index (χ1v) is 10.8. The summed E-state index contributed by atoms with van der Waals surface area (Å²) in [4.78, 5) is 38.0. The predicted octanol–water partition coefficient (Wildman–Crippen LogP) is 2.22. The van der Waals surface area contributed by atoms with Gasteiger partial charge in [0.15, 0.2) is 0 Å². The lowest BCUT2D eigenvalue weighted by molar-refractivity contribution is -0.384. The number of aromatic nitrogens is 1. The molecule has 0 saturated carbocycles. The Morgan fingerprint density at radius 3 is 2.71 bits per heavy atom. The molecule has 11 nitrogen and oxygen atoms in total. The maximum atomic E-state index is 12.7. The molecular formula is C23H26N6O5. The average Bonchev–Trinajstić information content (AvgIpc) is 2.82. The molecule has 1 aliphatic rings. The van der Waals surface area contributed by atoms with Gasteiger partial charge in [-0.05, 0) is 38.3 Å². The van der Waals surface area contributed by atoms with Crippen LogP contribution >= 0.6 is 0 Å². The van der Waals surface area contributed by atoms with E-state index in [1.807, 2.05) is 6.07 Å². The summed E-state index contributed by atoms with van der Waals surface area (Å²) < 4.78 is 6.22. The van der Waals surface area contributed by atoms with E-state index in [4.69, 9.17) is 4.74 Å². The second-order valence-corrected chi connectivity index (χ2v) is 7.96. The second-order valence-electron chi connectivity index (χ2n) is 7.96. The number of ether oxygens (including phenoxy) is 1. The number of piperidine rings is 1. The number of hydrazone groups is 1. The first-order valence-electron chi connectivity index (χ1n) is 10.8. The van der Waals surface area contributed by atoms with Gasteiger partial charge < -0.3 is 14.2 Å². The van der Waals surface area contributed by atoms with E-state index in [0.29, 0.717) is 16.8 Å². The second kappa shape index (κ2) is 11.2. The van der Waals surface area contributed by atoms with Gasteiger partial charge in [0.2, 0.25) is 0 Å². The van der Waals surface area contributed by atoms with Gasteiger partial charge in [0.25, 0.3) is 17.2 Å². The summed E-state index contributed by atoms with van der Waals surface area (Å²) in [6.45, 7) is 3.12. The Labute approximate surface area is 196 Å². The first kappa shape index (κ1) is 24.6. The number of methoxy groups -OCH3 is 1. The van der Waals surface area contributed by atoms with Crippen molar-refractivity contribution in [3.63, 3.8) is 0 Å². The zero-order valence-electron chi connectivity index (χ0n) is 19.1. The van der Waals surface area contributed by atoms with Crippen LogP contribution in [0.4, 0.5) is 11.4 Å². The Hall–Kier alpha value is -4.04. The van der Waals surface area contributed by atoms with Gasteiger partial charge in [-0.1, -0.05) is 0 Å². The van der Waals surface area contributed by atoms with Crippen LogP contribution in [0.15, 0.2) is 34.2 Å². The fraction of sp³-hybridized carbons (Fsp3) is 0.391. The van der Waals surface area contributed by atoms with Crippen molar-refractivity contribution in [3.05, 3.63) is 67.1 Å². The van der Waals surface area contributed by atoms with Gasteiger partial charge in [-0.25, -0.2) is 5.43 Å². The van der Waals surface area contributed by atoms with E-state index in [1.54, 1.807) is 19.1 Å². The summed E-state index contributed by atoms with van der Waals surface area (Å²) in [6, 6.07) is 8.07. The van der Waals surface area contributed by atoms with Crippen molar-refractivity contribution in [2.45, 2.75) is 39.3 Å². The van der Waals surface area contributed by atoms with E-state index in [2.05, 4.69) is 15.4 Å². The van der Waals surface area contributed by atoms with Gasteiger partial charge >= 0.3 is 0 Å². The van der Waals surface area contributed by atoms with E-state index >= 15 is 0 Å². The highest BCUT2D eigenvalue weighted by Crippen LogP contribution is 2.26. The largest absolute Gasteiger partial charge is 0.380 e. The summed E-state index contributed by atoms with van der Waals surface area (Å²) in [5, 5.41) is 24.5. The van der Waals surface area contributed by atoms with E-state index in [0.717, 1.165) is 38.0 Å². The molecule has 0 bridgehead atoms. The lowest BCUT2D eigenvalue weighted by Gasteiger charge is -2.29. The minimum absolute atomic E-state index is 0.0732. The number of carbonyl (C=O) groups excluding carboxylic acids is 1. The average molecular weight is 466 g/mol. The molecule has 1 aromatic carbocycles. The number of hydrogen-bond acceptors (Lipinski definition) is 8. The Balaban J connectivity index is 1.79. The van der Waals surface area contributed by atoms with Gasteiger partial charge in [0, 0.05) is 54.8 Å². The van der Waals surface area contributed by atoms with Crippen LogP contribution in [0.2, 0.25) is 0 Å². The van der Waals surface area contributed by atoms with Gasteiger partial charge in [0.1, 0.15) is 18.2 Å². The number of pyridine rings is 1. The number of amides is 1. The standard InChI is InChI=1S/C23H26N6O5/c1-16-10-18(15-34-2)20(12-24)23(31)28(16)14-22(30)26-25-13-17-11-19(29(32)33)6-7-21(17)27-8-4-3-5-9-27/h6-7,10-11,13H,3-5,8-9,14-15H2,1-2H3,(H,26,30)/b25-13+. The summed E-state index contributed by atoms with van der Waals surface area (Å²) in [5.74, 6) is -0.574. The number of nitro benzene ring substituents is 1. The Bertz CT molecular complexity index is 1210. The molecule has 1 aliphatic heterocycles. The monoisotopic (exact) mass is 466 g/mol. The third-order valence-corrected chi connectivity index (χ3v) is 5.61. The van der Waals surface area contributed by atoms with Crippen LogP contribution in [0.3, 0.4) is 0 Å². The fourth-order valence-electron chi connectivity index (χ4n) is 3.95. The maximum absolute atomic E-state index is 12.7. The molecular weight excluding hydrogens is 440 g/mol. The lowest BCUT2D eigenvalue weighted by Crippen LogP contribution is -2.33. The fourth-order valence-corrected chi connectivity index (χ4v) is 3.95. The summed E-state index contributed by atoms with van der Waals surface area (Å²) in [5.41, 5.74) is 3.91. The van der Waals surface area contributed by atoms with Crippen LogP contribution in [0.5, 0.6) is 0 Å². The highest BCUT2D eigenvalue weighted by Gasteiger charge is 2.18. The number of benzene rings is 1. The quantitative estimate of drug-likeness (QED) is 0.357. The number of carbonyl (C=O) groups is 1. The minimum atomic E-state index is -0.584. The molecule has 3 rings (SSSR count). The summed E-state index contributed by atoms with van der Waals surface area (Å²) in [6.07, 6.45) is 4.58. The Morgan fingerprint density at radius 2 is 2.06 bits per heavy atom. The van der Waals surface area contributed by atoms with Gasteiger partial charge in [0.05, 0.1) is 17.7 Å². The number of non-ortho nitro benzene ring substituents is 1. The molecule has 1 amide bonds. The van der Waals surface area contributed by atoms with Gasteiger partial charge in [-0.3, -0.25) is 19.7 Å². The molecule has 0 spiro atoms. The van der Waals surface area contributed by atoms with E-state index in [1.165, 1.54) is 30.0 Å². The summed E-state index contributed by atoms with van der Waals surface area (Å²) in [7, 11) is 1.46. The third kappa shape index (κ3) is 5.65. The lowest BCUT2D eigenvalue weighted by atomic mass is 10.1.